The third kappa shape index (κ3) is 8.92. The molecule has 2 aromatic rings. The van der Waals surface area contributed by atoms with Crippen LogP contribution in [-0.2, 0) is 0 Å². The number of aliphatic imine (C=N–C) groups is 1. The predicted octanol–water partition coefficient (Wildman–Crippen LogP) is 8.80. The topological polar surface area (TPSA) is 53.2 Å². The van der Waals surface area contributed by atoms with E-state index < -0.39 is 0 Å². The van der Waals surface area contributed by atoms with Crippen molar-refractivity contribution in [1.29, 1.82) is 0 Å². The van der Waals surface area contributed by atoms with E-state index in [9.17, 15) is 0 Å². The molecular formula is C28H42ClN3O. The molecule has 1 aliphatic heterocycles. The summed E-state index contributed by atoms with van der Waals surface area (Å²) in [6.07, 6.45) is 21.1. The summed E-state index contributed by atoms with van der Waals surface area (Å²) in [6, 6.07) is 6.23. The van der Waals surface area contributed by atoms with Crippen LogP contribution < -0.4 is 4.74 Å². The van der Waals surface area contributed by atoms with Crippen molar-refractivity contribution < 1.29 is 4.74 Å². The van der Waals surface area contributed by atoms with Crippen LogP contribution in [0, 0.1) is 6.92 Å². The van der Waals surface area contributed by atoms with Gasteiger partial charge in [-0.2, -0.15) is 0 Å². The van der Waals surface area contributed by atoms with Crippen molar-refractivity contribution in [2.75, 3.05) is 6.61 Å². The minimum atomic E-state index is 0. The monoisotopic (exact) mass is 471 g/mol. The normalized spacial score (nSPS) is 14.0. The molecule has 0 saturated heterocycles. The van der Waals surface area contributed by atoms with Crippen molar-refractivity contribution in [2.24, 2.45) is 4.99 Å². The highest BCUT2D eigenvalue weighted by molar-refractivity contribution is 5.99. The fourth-order valence-electron chi connectivity index (χ4n) is 4.22. The van der Waals surface area contributed by atoms with E-state index in [-0.39, 0.29) is 12.4 Å². The second-order valence-corrected chi connectivity index (χ2v) is 8.89. The van der Waals surface area contributed by atoms with Gasteiger partial charge in [0, 0.05) is 17.5 Å². The van der Waals surface area contributed by atoms with E-state index in [4.69, 9.17) is 9.73 Å². The van der Waals surface area contributed by atoms with Crippen LogP contribution in [0.4, 0.5) is 0 Å². The van der Waals surface area contributed by atoms with Crippen molar-refractivity contribution in [3.05, 3.63) is 47.4 Å². The molecule has 3 rings (SSSR count). The molecule has 0 aromatic carbocycles. The molecule has 3 heterocycles. The number of nitrogens with zero attached hydrogens (tertiary/aromatic N) is 1. The fraction of sp³-hybridized carbons (Fsp3) is 0.536. The average Bonchev–Trinajstić information content (AvgIpc) is 3.51. The molecule has 0 fully saturated rings. The van der Waals surface area contributed by atoms with Crippen LogP contribution in [0.1, 0.15) is 95.9 Å². The molecule has 4 nitrogen and oxygen atoms in total. The van der Waals surface area contributed by atoms with E-state index in [1.807, 2.05) is 6.92 Å². The summed E-state index contributed by atoms with van der Waals surface area (Å²) in [4.78, 5) is 11.7. The van der Waals surface area contributed by atoms with Gasteiger partial charge in [0.15, 0.2) is 0 Å². The van der Waals surface area contributed by atoms with Crippen LogP contribution in [0.25, 0.3) is 17.5 Å². The zero-order valence-corrected chi connectivity index (χ0v) is 21.5. The molecule has 33 heavy (non-hydrogen) atoms. The average molecular weight is 472 g/mol. The molecule has 0 amide bonds. The van der Waals surface area contributed by atoms with Crippen molar-refractivity contribution >= 4 is 24.2 Å². The first-order valence-electron chi connectivity index (χ1n) is 12.7. The Balaban J connectivity index is 0.00000385. The number of hydrogen-bond donors (Lipinski definition) is 2. The molecule has 1 aliphatic rings. The number of H-pyrrole nitrogens is 2. The van der Waals surface area contributed by atoms with Crippen molar-refractivity contribution in [3.63, 3.8) is 0 Å². The molecule has 0 radical (unpaired) electrons. The number of aromatic nitrogens is 2. The van der Waals surface area contributed by atoms with Gasteiger partial charge in [-0.15, -0.1) is 12.4 Å². The first-order chi connectivity index (χ1) is 15.7. The van der Waals surface area contributed by atoms with Gasteiger partial charge in [-0.05, 0) is 57.0 Å². The molecule has 0 aliphatic carbocycles. The summed E-state index contributed by atoms with van der Waals surface area (Å²) >= 11 is 0. The zero-order valence-electron chi connectivity index (χ0n) is 20.7. The number of ether oxygens (including phenoxy) is 1. The lowest BCUT2D eigenvalue weighted by Gasteiger charge is -2.02. The lowest BCUT2D eigenvalue weighted by atomic mass is 10.0. The molecule has 182 valence electrons. The Morgan fingerprint density at radius 1 is 0.848 bits per heavy atom. The second kappa shape index (κ2) is 14.8. The van der Waals surface area contributed by atoms with Crippen LogP contribution in [0.15, 0.2) is 41.0 Å². The van der Waals surface area contributed by atoms with Crippen LogP contribution in [0.5, 0.6) is 5.75 Å². The van der Waals surface area contributed by atoms with Crippen LogP contribution >= 0.6 is 12.4 Å². The van der Waals surface area contributed by atoms with Crippen molar-refractivity contribution in [1.82, 2.24) is 9.97 Å². The van der Waals surface area contributed by atoms with E-state index in [2.05, 4.69) is 60.2 Å². The van der Waals surface area contributed by atoms with Gasteiger partial charge in [0.1, 0.15) is 5.75 Å². The maximum absolute atomic E-state index is 5.86. The number of nitrogens with one attached hydrogen (secondary N) is 2. The summed E-state index contributed by atoms with van der Waals surface area (Å²) in [7, 11) is 0. The fourth-order valence-corrected chi connectivity index (χ4v) is 4.22. The summed E-state index contributed by atoms with van der Waals surface area (Å²) in [6.45, 7) is 7.00. The molecule has 0 atom stereocenters. The standard InChI is InChI=1S/C28H41N3O.ClH/c1-4-6-7-8-9-10-11-12-13-14-15-23-17-18-24(30-23)20-27-28(32-5-2)21-26(31-27)25-19-16-22(3)29-25;/h16-21,29,31H,4-15H2,1-3H3;1H. The number of aryl methyl sites for hydroxylation is 1. The highest BCUT2D eigenvalue weighted by Gasteiger charge is 2.12. The number of halogens is 1. The lowest BCUT2D eigenvalue weighted by molar-refractivity contribution is 0.340. The molecule has 2 aromatic heterocycles. The molecular weight excluding hydrogens is 430 g/mol. The van der Waals surface area contributed by atoms with Gasteiger partial charge < -0.3 is 14.7 Å². The van der Waals surface area contributed by atoms with Gasteiger partial charge in [-0.3, -0.25) is 4.99 Å². The number of rotatable bonds is 15. The van der Waals surface area contributed by atoms with Crippen molar-refractivity contribution in [2.45, 2.75) is 91.4 Å². The summed E-state index contributed by atoms with van der Waals surface area (Å²) in [5, 5.41) is 0. The van der Waals surface area contributed by atoms with Gasteiger partial charge in [0.05, 0.1) is 29.4 Å². The molecule has 0 saturated carbocycles. The quantitative estimate of drug-likeness (QED) is 0.250. The Labute approximate surface area is 206 Å². The Bertz CT molecular complexity index is 919. The summed E-state index contributed by atoms with van der Waals surface area (Å²) in [5.41, 5.74) is 6.40. The molecule has 0 unspecified atom stereocenters. The third-order valence-electron chi connectivity index (χ3n) is 6.03. The van der Waals surface area contributed by atoms with Gasteiger partial charge in [-0.1, -0.05) is 64.7 Å². The Morgan fingerprint density at radius 2 is 1.55 bits per heavy atom. The second-order valence-electron chi connectivity index (χ2n) is 8.89. The summed E-state index contributed by atoms with van der Waals surface area (Å²) in [5.74, 6) is 0.869. The van der Waals surface area contributed by atoms with E-state index in [0.29, 0.717) is 6.61 Å². The molecule has 0 bridgehead atoms. The SMILES string of the molecule is CCCCCCCCCCCCC1=NC(=Cc2[nH]c(-c3ccc(C)[nH]3)cc2OCC)C=C1.Cl. The Hall–Kier alpha value is -2.20. The van der Waals surface area contributed by atoms with E-state index >= 15 is 0 Å². The largest absolute Gasteiger partial charge is 0.492 e. The number of allylic oxidation sites excluding steroid dienone is 2. The molecule has 2 N–H and O–H groups in total. The first-order valence-corrected chi connectivity index (χ1v) is 12.7. The van der Waals surface area contributed by atoms with Crippen LogP contribution in [0.2, 0.25) is 0 Å². The number of aromatic amines is 2. The van der Waals surface area contributed by atoms with Crippen LogP contribution in [-0.4, -0.2) is 22.3 Å². The Morgan fingerprint density at radius 3 is 2.18 bits per heavy atom. The van der Waals surface area contributed by atoms with Crippen molar-refractivity contribution in [3.8, 4) is 17.1 Å². The number of unbranched alkanes of at least 4 members (excludes halogenated alkanes) is 9. The van der Waals surface area contributed by atoms with Gasteiger partial charge in [0.25, 0.3) is 0 Å². The molecule has 0 spiro atoms. The summed E-state index contributed by atoms with van der Waals surface area (Å²) < 4.78 is 5.86. The van der Waals surface area contributed by atoms with E-state index in [0.717, 1.165) is 40.6 Å². The first kappa shape index (κ1) is 27.0. The van der Waals surface area contributed by atoms with Gasteiger partial charge in [0.2, 0.25) is 0 Å². The highest BCUT2D eigenvalue weighted by Crippen LogP contribution is 2.30. The number of hydrogen-bond acceptors (Lipinski definition) is 2. The maximum Gasteiger partial charge on any atom is 0.144 e. The highest BCUT2D eigenvalue weighted by atomic mass is 35.5. The van der Waals surface area contributed by atoms with Gasteiger partial charge in [-0.25, -0.2) is 0 Å². The minimum absolute atomic E-state index is 0. The molecule has 5 heteroatoms. The Kier molecular flexibility index (Phi) is 12.2. The predicted molar refractivity (Wildman–Crippen MR) is 145 cm³/mol. The zero-order chi connectivity index (χ0) is 22.6. The maximum atomic E-state index is 5.86. The third-order valence-corrected chi connectivity index (χ3v) is 6.03. The van der Waals surface area contributed by atoms with Gasteiger partial charge >= 0.3 is 0 Å². The minimum Gasteiger partial charge on any atom is -0.492 e. The van der Waals surface area contributed by atoms with E-state index in [1.54, 1.807) is 0 Å². The van der Waals surface area contributed by atoms with E-state index in [1.165, 1.54) is 69.9 Å². The lowest BCUT2D eigenvalue weighted by Crippen LogP contribution is -1.92. The smallest absolute Gasteiger partial charge is 0.144 e. The van der Waals surface area contributed by atoms with Crippen LogP contribution in [0.3, 0.4) is 0 Å².